The second-order valence-electron chi connectivity index (χ2n) is 6.68. The summed E-state index contributed by atoms with van der Waals surface area (Å²) in [5.41, 5.74) is 0.764. The lowest BCUT2D eigenvalue weighted by atomic mass is 10.2. The number of carbonyl (C=O) groups excluding carboxylic acids is 2. The Hall–Kier alpha value is -3.32. The summed E-state index contributed by atoms with van der Waals surface area (Å²) in [7, 11) is -4.04. The Balaban J connectivity index is 1.52. The number of ether oxygens (including phenoxy) is 2. The van der Waals surface area contributed by atoms with Gasteiger partial charge in [0.05, 0.1) is 10.6 Å². The first-order valence-corrected chi connectivity index (χ1v) is 10.7. The van der Waals surface area contributed by atoms with Crippen molar-refractivity contribution < 1.29 is 40.7 Å². The van der Waals surface area contributed by atoms with E-state index in [1.165, 1.54) is 6.07 Å². The number of benzene rings is 2. The van der Waals surface area contributed by atoms with Crippen molar-refractivity contribution in [3.05, 3.63) is 42.5 Å². The number of fused-ring (bicyclic) bond motifs is 1. The van der Waals surface area contributed by atoms with Crippen LogP contribution in [0.1, 0.15) is 13.3 Å². The van der Waals surface area contributed by atoms with Gasteiger partial charge < -0.3 is 20.1 Å². The average Bonchev–Trinajstić information content (AvgIpc) is 2.68. The Morgan fingerprint density at radius 3 is 2.53 bits per heavy atom. The Morgan fingerprint density at radius 1 is 1.19 bits per heavy atom. The van der Waals surface area contributed by atoms with Crippen molar-refractivity contribution in [2.75, 3.05) is 17.2 Å². The number of sulfonamides is 1. The molecule has 1 aliphatic rings. The van der Waals surface area contributed by atoms with Crippen LogP contribution in [0.25, 0.3) is 0 Å². The van der Waals surface area contributed by atoms with Crippen LogP contribution in [-0.2, 0) is 19.6 Å². The number of nitrogens with one attached hydrogen (secondary N) is 3. The molecule has 1 aliphatic heterocycles. The Kier molecular flexibility index (Phi) is 6.60. The molecular weight excluding hydrogens is 455 g/mol. The first-order valence-electron chi connectivity index (χ1n) is 9.20. The molecule has 3 rings (SSSR count). The summed E-state index contributed by atoms with van der Waals surface area (Å²) in [4.78, 5) is 23.5. The molecule has 0 radical (unpaired) electrons. The molecule has 13 heteroatoms. The molecule has 0 aromatic heterocycles. The number of hydrogen-bond donors (Lipinski definition) is 3. The Bertz CT molecular complexity index is 1120. The van der Waals surface area contributed by atoms with Gasteiger partial charge in [-0.15, -0.1) is 13.2 Å². The predicted octanol–water partition coefficient (Wildman–Crippen LogP) is 2.61. The zero-order valence-electron chi connectivity index (χ0n) is 16.5. The fourth-order valence-electron chi connectivity index (χ4n) is 2.71. The summed E-state index contributed by atoms with van der Waals surface area (Å²) in [5, 5.41) is 5.21. The van der Waals surface area contributed by atoms with Crippen LogP contribution in [-0.4, -0.2) is 39.2 Å². The van der Waals surface area contributed by atoms with Crippen LogP contribution >= 0.6 is 0 Å². The second kappa shape index (κ2) is 9.04. The molecule has 2 aromatic rings. The zero-order chi connectivity index (χ0) is 23.5. The van der Waals surface area contributed by atoms with Gasteiger partial charge in [0, 0.05) is 18.7 Å². The average molecular weight is 473 g/mol. The topological polar surface area (TPSA) is 123 Å². The van der Waals surface area contributed by atoms with Gasteiger partial charge in [0.2, 0.25) is 15.9 Å². The molecule has 32 heavy (non-hydrogen) atoms. The molecule has 0 bridgehead atoms. The third-order valence-electron chi connectivity index (χ3n) is 4.21. The minimum Gasteiger partial charge on any atom is -0.479 e. The molecule has 2 amide bonds. The lowest BCUT2D eigenvalue weighted by Gasteiger charge is -2.23. The molecule has 1 atom stereocenters. The zero-order valence-corrected chi connectivity index (χ0v) is 17.3. The molecule has 1 unspecified atom stereocenters. The van der Waals surface area contributed by atoms with Crippen LogP contribution in [0, 0.1) is 0 Å². The van der Waals surface area contributed by atoms with Gasteiger partial charge in [-0.05, 0) is 49.4 Å². The van der Waals surface area contributed by atoms with Crippen molar-refractivity contribution in [2.24, 2.45) is 0 Å². The van der Waals surface area contributed by atoms with E-state index in [1.54, 1.807) is 19.1 Å². The smallest absolute Gasteiger partial charge is 0.479 e. The van der Waals surface area contributed by atoms with Crippen LogP contribution in [0.2, 0.25) is 0 Å². The van der Waals surface area contributed by atoms with Crippen molar-refractivity contribution in [1.29, 1.82) is 0 Å². The number of amides is 2. The van der Waals surface area contributed by atoms with Gasteiger partial charge >= 0.3 is 6.36 Å². The lowest BCUT2D eigenvalue weighted by molar-refractivity contribution is -0.274. The van der Waals surface area contributed by atoms with E-state index in [-0.39, 0.29) is 23.8 Å². The molecule has 0 saturated heterocycles. The SMILES string of the molecule is CC1Oc2ccc(NC(=O)CCNS(=O)(=O)c3ccc(OC(F)(F)F)cc3)cc2NC1=O. The summed E-state index contributed by atoms with van der Waals surface area (Å²) in [5.74, 6) is -0.933. The Morgan fingerprint density at radius 2 is 1.88 bits per heavy atom. The largest absolute Gasteiger partial charge is 0.573 e. The number of carbonyl (C=O) groups is 2. The number of hydrogen-bond acceptors (Lipinski definition) is 6. The maximum atomic E-state index is 12.2. The number of anilines is 2. The highest BCUT2D eigenvalue weighted by molar-refractivity contribution is 7.89. The van der Waals surface area contributed by atoms with E-state index < -0.39 is 34.1 Å². The summed E-state index contributed by atoms with van der Waals surface area (Å²) in [6.45, 7) is 1.34. The molecule has 2 aromatic carbocycles. The van der Waals surface area contributed by atoms with Crippen molar-refractivity contribution in [3.63, 3.8) is 0 Å². The maximum Gasteiger partial charge on any atom is 0.573 e. The third kappa shape index (κ3) is 6.11. The molecular formula is C19H18F3N3O6S. The van der Waals surface area contributed by atoms with Crippen LogP contribution in [0.15, 0.2) is 47.4 Å². The van der Waals surface area contributed by atoms with Crippen LogP contribution in [0.5, 0.6) is 11.5 Å². The third-order valence-corrected chi connectivity index (χ3v) is 5.68. The molecule has 3 N–H and O–H groups in total. The van der Waals surface area contributed by atoms with Crippen LogP contribution < -0.4 is 24.8 Å². The first kappa shape index (κ1) is 23.3. The monoisotopic (exact) mass is 473 g/mol. The first-order chi connectivity index (χ1) is 14.9. The highest BCUT2D eigenvalue weighted by atomic mass is 32.2. The van der Waals surface area contributed by atoms with E-state index in [0.717, 1.165) is 24.3 Å². The number of alkyl halides is 3. The fourth-order valence-corrected chi connectivity index (χ4v) is 3.74. The van der Waals surface area contributed by atoms with Gasteiger partial charge in [0.25, 0.3) is 5.91 Å². The maximum absolute atomic E-state index is 12.2. The van der Waals surface area contributed by atoms with E-state index in [9.17, 15) is 31.2 Å². The van der Waals surface area contributed by atoms with Gasteiger partial charge in [-0.1, -0.05) is 0 Å². The molecule has 0 fully saturated rings. The van der Waals surface area contributed by atoms with E-state index in [2.05, 4.69) is 20.1 Å². The van der Waals surface area contributed by atoms with Crippen molar-refractivity contribution in [1.82, 2.24) is 4.72 Å². The molecule has 1 heterocycles. The normalized spacial score (nSPS) is 15.9. The summed E-state index contributed by atoms with van der Waals surface area (Å²) >= 11 is 0. The molecule has 0 spiro atoms. The quantitative estimate of drug-likeness (QED) is 0.568. The van der Waals surface area contributed by atoms with E-state index >= 15 is 0 Å². The summed E-state index contributed by atoms with van der Waals surface area (Å²) < 4.78 is 72.3. The standard InChI is InChI=1S/C19H18F3N3O6S/c1-11-18(27)25-15-10-12(2-7-16(15)30-11)24-17(26)8-9-23-32(28,29)14-5-3-13(4-6-14)31-19(20,21)22/h2-7,10-11,23H,8-9H2,1H3,(H,24,26)(H,25,27). The van der Waals surface area contributed by atoms with Crippen molar-refractivity contribution in [3.8, 4) is 11.5 Å². The van der Waals surface area contributed by atoms with Gasteiger partial charge in [0.1, 0.15) is 11.5 Å². The highest BCUT2D eigenvalue weighted by Gasteiger charge is 2.31. The number of rotatable bonds is 7. The summed E-state index contributed by atoms with van der Waals surface area (Å²) in [6.07, 6.45) is -5.74. The van der Waals surface area contributed by atoms with Crippen molar-refractivity contribution in [2.45, 2.75) is 30.7 Å². The molecule has 0 saturated carbocycles. The summed E-state index contributed by atoms with van der Waals surface area (Å²) in [6, 6.07) is 8.29. The van der Waals surface area contributed by atoms with E-state index in [4.69, 9.17) is 4.74 Å². The Labute approximate surface area is 180 Å². The lowest BCUT2D eigenvalue weighted by Crippen LogP contribution is -2.34. The fraction of sp³-hybridized carbons (Fsp3) is 0.263. The van der Waals surface area contributed by atoms with Gasteiger partial charge in [-0.3, -0.25) is 9.59 Å². The number of halogens is 3. The van der Waals surface area contributed by atoms with E-state index in [0.29, 0.717) is 17.1 Å². The minimum atomic E-state index is -4.89. The molecule has 172 valence electrons. The van der Waals surface area contributed by atoms with Gasteiger partial charge in [-0.2, -0.15) is 0 Å². The molecule has 0 aliphatic carbocycles. The van der Waals surface area contributed by atoms with Crippen LogP contribution in [0.3, 0.4) is 0 Å². The van der Waals surface area contributed by atoms with Gasteiger partial charge in [-0.25, -0.2) is 13.1 Å². The minimum absolute atomic E-state index is 0.217. The van der Waals surface area contributed by atoms with Gasteiger partial charge in [0.15, 0.2) is 6.10 Å². The predicted molar refractivity (Wildman–Crippen MR) is 107 cm³/mol. The van der Waals surface area contributed by atoms with Crippen molar-refractivity contribution >= 4 is 33.2 Å². The van der Waals surface area contributed by atoms with E-state index in [1.807, 2.05) is 0 Å². The molecule has 9 nitrogen and oxygen atoms in total. The van der Waals surface area contributed by atoms with Crippen LogP contribution in [0.4, 0.5) is 24.5 Å². The second-order valence-corrected chi connectivity index (χ2v) is 8.44. The highest BCUT2D eigenvalue weighted by Crippen LogP contribution is 2.32.